The van der Waals surface area contributed by atoms with Gasteiger partial charge in [-0.1, -0.05) is 6.07 Å². The third-order valence-electron chi connectivity index (χ3n) is 5.45. The highest BCUT2D eigenvalue weighted by molar-refractivity contribution is 7.88. The quantitative estimate of drug-likeness (QED) is 0.265. The van der Waals surface area contributed by atoms with Crippen molar-refractivity contribution >= 4 is 38.5 Å². The Hall–Kier alpha value is -3.13. The van der Waals surface area contributed by atoms with Crippen LogP contribution in [0.3, 0.4) is 0 Å². The number of nitrogens with zero attached hydrogens (tertiary/aromatic N) is 3. The number of hydrogen-bond acceptors (Lipinski definition) is 7. The summed E-state index contributed by atoms with van der Waals surface area (Å²) >= 11 is 6.48. The zero-order valence-corrected chi connectivity index (χ0v) is 21.7. The van der Waals surface area contributed by atoms with Crippen LogP contribution in [0.2, 0.25) is 0 Å². The molecule has 0 bridgehead atoms. The molecule has 0 saturated heterocycles. The maximum absolute atomic E-state index is 13.0. The first-order chi connectivity index (χ1) is 18.0. The summed E-state index contributed by atoms with van der Waals surface area (Å²) in [5, 5.41) is 2.56. The summed E-state index contributed by atoms with van der Waals surface area (Å²) in [7, 11) is -3.26. The number of alkyl halides is 4. The first kappa shape index (κ1) is 27.9. The van der Waals surface area contributed by atoms with E-state index in [4.69, 9.17) is 21.1 Å². The van der Waals surface area contributed by atoms with Crippen LogP contribution in [0, 0.1) is 0 Å². The molecule has 2 heterocycles. The minimum atomic E-state index is -4.47. The summed E-state index contributed by atoms with van der Waals surface area (Å²) in [5.41, 5.74) is 1.26. The van der Waals surface area contributed by atoms with E-state index in [2.05, 4.69) is 20.0 Å². The fourth-order valence-electron chi connectivity index (χ4n) is 3.73. The number of ether oxygens (including phenoxy) is 2. The van der Waals surface area contributed by atoms with E-state index >= 15 is 0 Å². The van der Waals surface area contributed by atoms with E-state index in [0.717, 1.165) is 23.9 Å². The molecule has 1 aromatic carbocycles. The molecular weight excluding hydrogens is 547 g/mol. The van der Waals surface area contributed by atoms with Crippen LogP contribution in [0.15, 0.2) is 66.8 Å². The lowest BCUT2D eigenvalue weighted by Gasteiger charge is -2.23. The molecule has 0 radical (unpaired) electrons. The molecule has 38 heavy (non-hydrogen) atoms. The van der Waals surface area contributed by atoms with Crippen molar-refractivity contribution in [1.29, 1.82) is 0 Å². The molecule has 3 aromatic rings. The molecule has 2 atom stereocenters. The van der Waals surface area contributed by atoms with Crippen LogP contribution >= 0.6 is 11.6 Å². The summed E-state index contributed by atoms with van der Waals surface area (Å²) < 4.78 is 76.7. The van der Waals surface area contributed by atoms with Crippen LogP contribution in [-0.2, 0) is 27.5 Å². The summed E-state index contributed by atoms with van der Waals surface area (Å²) in [6, 6.07) is 6.48. The van der Waals surface area contributed by atoms with Crippen LogP contribution in [0.4, 0.5) is 19.0 Å². The van der Waals surface area contributed by atoms with Gasteiger partial charge in [0.1, 0.15) is 23.7 Å². The largest absolute Gasteiger partial charge is 0.484 e. The Morgan fingerprint density at radius 2 is 2.00 bits per heavy atom. The molecule has 0 spiro atoms. The second kappa shape index (κ2) is 11.7. The summed E-state index contributed by atoms with van der Waals surface area (Å²) in [6.45, 7) is 1.22. The summed E-state index contributed by atoms with van der Waals surface area (Å²) in [6.07, 6.45) is 4.28. The number of sulfonamides is 1. The molecule has 1 aliphatic carbocycles. The molecule has 4 rings (SSSR count). The standard InChI is InChI=1S/C24H25ClF3N5O4S/c1-38(34,35)31-8-11-36-12-10-33-9-7-20-22(33)23(30-15-29-20)32-17-5-6-21(19(25)14-17)37-18-4-2-3-16(13-18)24(26,27)28/h2-7,9,13-15,19,21,31H,8,10-12H2,1H3,(H,29,30,32). The molecule has 0 fully saturated rings. The zero-order chi connectivity index (χ0) is 27.3. The second-order valence-corrected chi connectivity index (χ2v) is 10.7. The van der Waals surface area contributed by atoms with Crippen molar-refractivity contribution < 1.29 is 31.1 Å². The first-order valence-electron chi connectivity index (χ1n) is 11.5. The third-order valence-corrected chi connectivity index (χ3v) is 6.55. The van der Waals surface area contributed by atoms with Gasteiger partial charge in [-0.2, -0.15) is 13.2 Å². The van der Waals surface area contributed by atoms with E-state index < -0.39 is 33.2 Å². The highest BCUT2D eigenvalue weighted by atomic mass is 35.5. The smallest absolute Gasteiger partial charge is 0.416 e. The minimum Gasteiger partial charge on any atom is -0.484 e. The molecule has 1 aliphatic rings. The van der Waals surface area contributed by atoms with E-state index in [-0.39, 0.29) is 18.9 Å². The number of nitrogens with one attached hydrogen (secondary N) is 2. The van der Waals surface area contributed by atoms with Gasteiger partial charge in [-0.25, -0.2) is 23.1 Å². The van der Waals surface area contributed by atoms with Crippen molar-refractivity contribution in [3.05, 3.63) is 72.3 Å². The van der Waals surface area contributed by atoms with Gasteiger partial charge >= 0.3 is 6.18 Å². The fourth-order valence-corrected chi connectivity index (χ4v) is 4.45. The van der Waals surface area contributed by atoms with Crippen LogP contribution in [0.5, 0.6) is 5.75 Å². The Morgan fingerprint density at radius 1 is 1.18 bits per heavy atom. The Kier molecular flexibility index (Phi) is 8.61. The highest BCUT2D eigenvalue weighted by Crippen LogP contribution is 2.32. The number of fused-ring (bicyclic) bond motifs is 1. The monoisotopic (exact) mass is 571 g/mol. The third kappa shape index (κ3) is 7.47. The number of aromatic nitrogens is 3. The van der Waals surface area contributed by atoms with Gasteiger partial charge in [0, 0.05) is 25.0 Å². The van der Waals surface area contributed by atoms with Crippen molar-refractivity contribution in [2.24, 2.45) is 0 Å². The number of hydrogen-bond donors (Lipinski definition) is 2. The maximum Gasteiger partial charge on any atom is 0.416 e. The van der Waals surface area contributed by atoms with Crippen molar-refractivity contribution in [2.45, 2.75) is 24.2 Å². The van der Waals surface area contributed by atoms with Crippen LogP contribution in [0.1, 0.15) is 5.56 Å². The highest BCUT2D eigenvalue weighted by Gasteiger charge is 2.31. The van der Waals surface area contributed by atoms with Gasteiger partial charge in [-0.15, -0.1) is 11.6 Å². The summed E-state index contributed by atoms with van der Waals surface area (Å²) in [4.78, 5) is 8.63. The Morgan fingerprint density at radius 3 is 2.74 bits per heavy atom. The van der Waals surface area contributed by atoms with Gasteiger partial charge in [0.25, 0.3) is 0 Å². The Labute approximate surface area is 222 Å². The molecule has 0 saturated carbocycles. The van der Waals surface area contributed by atoms with Crippen LogP contribution in [-0.4, -0.2) is 60.4 Å². The van der Waals surface area contributed by atoms with Crippen molar-refractivity contribution in [2.75, 3.05) is 31.3 Å². The molecule has 2 aromatic heterocycles. The topological polar surface area (TPSA) is 107 Å². The lowest BCUT2D eigenvalue weighted by molar-refractivity contribution is -0.137. The molecular formula is C24H25ClF3N5O4S. The fraction of sp³-hybridized carbons (Fsp3) is 0.333. The first-order valence-corrected chi connectivity index (χ1v) is 13.8. The van der Waals surface area contributed by atoms with Gasteiger partial charge < -0.3 is 19.4 Å². The minimum absolute atomic E-state index is 0.0644. The van der Waals surface area contributed by atoms with Crippen molar-refractivity contribution in [3.63, 3.8) is 0 Å². The lowest BCUT2D eigenvalue weighted by Crippen LogP contribution is -2.27. The molecule has 14 heteroatoms. The average Bonchev–Trinajstić information content (AvgIpc) is 3.26. The molecule has 9 nitrogen and oxygen atoms in total. The molecule has 0 amide bonds. The van der Waals surface area contributed by atoms with E-state index in [1.54, 1.807) is 18.2 Å². The second-order valence-electron chi connectivity index (χ2n) is 8.40. The van der Waals surface area contributed by atoms with Gasteiger partial charge in [0.15, 0.2) is 5.82 Å². The SMILES string of the molecule is CS(=O)(=O)NCCOCCn1ccc2ncnc(NC3=CC(Cl)C(Oc4cccc(C(F)(F)F)c4)C=C3)c21. The van der Waals surface area contributed by atoms with E-state index in [1.165, 1.54) is 18.5 Å². The predicted octanol–water partition coefficient (Wildman–Crippen LogP) is 3.94. The summed E-state index contributed by atoms with van der Waals surface area (Å²) in [5.74, 6) is 0.588. The zero-order valence-electron chi connectivity index (χ0n) is 20.2. The lowest BCUT2D eigenvalue weighted by atomic mass is 10.1. The predicted molar refractivity (Wildman–Crippen MR) is 138 cm³/mol. The number of halogens is 4. The number of anilines is 1. The van der Waals surface area contributed by atoms with Crippen molar-refractivity contribution in [1.82, 2.24) is 19.3 Å². The van der Waals surface area contributed by atoms with E-state index in [9.17, 15) is 21.6 Å². The number of rotatable bonds is 11. The maximum atomic E-state index is 13.0. The van der Waals surface area contributed by atoms with Gasteiger partial charge in [0.05, 0.1) is 35.9 Å². The van der Waals surface area contributed by atoms with E-state index in [1.807, 2.05) is 16.8 Å². The molecule has 0 aliphatic heterocycles. The number of benzene rings is 1. The van der Waals surface area contributed by atoms with Gasteiger partial charge in [-0.3, -0.25) is 0 Å². The Balaban J connectivity index is 1.39. The number of allylic oxidation sites excluding steroid dienone is 1. The Bertz CT molecular complexity index is 1440. The normalized spacial score (nSPS) is 18.0. The van der Waals surface area contributed by atoms with Crippen LogP contribution < -0.4 is 14.8 Å². The molecule has 2 N–H and O–H groups in total. The average molecular weight is 572 g/mol. The van der Waals surface area contributed by atoms with Gasteiger partial charge in [0.2, 0.25) is 10.0 Å². The molecule has 204 valence electrons. The van der Waals surface area contributed by atoms with Crippen LogP contribution in [0.25, 0.3) is 11.0 Å². The van der Waals surface area contributed by atoms with E-state index in [0.29, 0.717) is 30.2 Å². The molecule has 2 unspecified atom stereocenters. The van der Waals surface area contributed by atoms with Gasteiger partial charge in [-0.05, 0) is 42.5 Å². The van der Waals surface area contributed by atoms with Crippen molar-refractivity contribution in [3.8, 4) is 5.75 Å².